The number of nitriles is 1. The Balaban J connectivity index is 1.65. The van der Waals surface area contributed by atoms with Gasteiger partial charge in [0.2, 0.25) is 10.0 Å². The molecule has 5 nitrogen and oxygen atoms in total. The lowest BCUT2D eigenvalue weighted by Crippen LogP contribution is -2.65. The second-order valence-corrected chi connectivity index (χ2v) is 9.12. The summed E-state index contributed by atoms with van der Waals surface area (Å²) in [7, 11) is -4.17. The second-order valence-electron chi connectivity index (χ2n) is 7.27. The zero-order valence-electron chi connectivity index (χ0n) is 16.2. The molecule has 1 fully saturated rings. The predicted molar refractivity (Wildman–Crippen MR) is 110 cm³/mol. The molecule has 4 rings (SSSR count). The third kappa shape index (κ3) is 3.72. The minimum atomic E-state index is -4.17. The van der Waals surface area contributed by atoms with Crippen molar-refractivity contribution in [3.8, 4) is 17.2 Å². The molecule has 0 spiro atoms. The first-order chi connectivity index (χ1) is 14.9. The maximum Gasteiger partial charge on any atom is 0.244 e. The summed E-state index contributed by atoms with van der Waals surface area (Å²) < 4.78 is 54.0. The van der Waals surface area contributed by atoms with Gasteiger partial charge in [-0.15, -0.1) is 0 Å². The van der Waals surface area contributed by atoms with E-state index in [9.17, 15) is 27.6 Å². The largest absolute Gasteiger partial charge is 0.395 e. The van der Waals surface area contributed by atoms with Crippen LogP contribution < -0.4 is 0 Å². The van der Waals surface area contributed by atoms with Gasteiger partial charge in [0.1, 0.15) is 17.7 Å². The van der Waals surface area contributed by atoms with Crippen LogP contribution >= 0.6 is 0 Å². The van der Waals surface area contributed by atoms with Crippen LogP contribution in [0.15, 0.2) is 77.7 Å². The highest BCUT2D eigenvalue weighted by molar-refractivity contribution is 7.89. The molecule has 1 saturated heterocycles. The van der Waals surface area contributed by atoms with Gasteiger partial charge in [0.05, 0.1) is 23.6 Å². The van der Waals surface area contributed by atoms with E-state index in [2.05, 4.69) is 0 Å². The van der Waals surface area contributed by atoms with Crippen molar-refractivity contribution in [2.24, 2.45) is 0 Å². The second kappa shape index (κ2) is 8.19. The molecule has 1 aliphatic heterocycles. The van der Waals surface area contributed by atoms with E-state index in [0.29, 0.717) is 11.1 Å². The third-order valence-corrected chi connectivity index (χ3v) is 7.40. The normalized spacial score (nSPS) is 21.3. The Bertz CT molecular complexity index is 1260. The van der Waals surface area contributed by atoms with Crippen LogP contribution in [0.2, 0.25) is 0 Å². The van der Waals surface area contributed by atoms with E-state index < -0.39 is 40.4 Å². The Morgan fingerprint density at radius 1 is 0.935 bits per heavy atom. The number of rotatable bonds is 5. The highest BCUT2D eigenvalue weighted by Crippen LogP contribution is 2.44. The summed E-state index contributed by atoms with van der Waals surface area (Å²) in [5.41, 5.74) is 2.13. The topological polar surface area (TPSA) is 81.4 Å². The molecule has 1 aliphatic rings. The molecular formula is C23H18F2N2O3S. The molecule has 3 atom stereocenters. The first-order valence-corrected chi connectivity index (χ1v) is 11.0. The number of aliphatic hydroxyl groups is 1. The van der Waals surface area contributed by atoms with Crippen molar-refractivity contribution < 1.29 is 22.3 Å². The fraction of sp³-hybridized carbons (Fsp3) is 0.174. The first-order valence-electron chi connectivity index (χ1n) is 9.52. The van der Waals surface area contributed by atoms with Crippen molar-refractivity contribution in [3.63, 3.8) is 0 Å². The number of halogens is 2. The number of hydrogen-bond donors (Lipinski definition) is 1. The van der Waals surface area contributed by atoms with Gasteiger partial charge < -0.3 is 5.11 Å². The summed E-state index contributed by atoms with van der Waals surface area (Å²) in [5, 5.41) is 19.6. The van der Waals surface area contributed by atoms with Crippen molar-refractivity contribution in [1.82, 2.24) is 4.31 Å². The van der Waals surface area contributed by atoms with E-state index in [4.69, 9.17) is 0 Å². The number of hydrogen-bond acceptors (Lipinski definition) is 4. The Hall–Kier alpha value is -3.12. The van der Waals surface area contributed by atoms with Crippen molar-refractivity contribution in [2.45, 2.75) is 22.9 Å². The van der Waals surface area contributed by atoms with Gasteiger partial charge in [-0.3, -0.25) is 0 Å². The van der Waals surface area contributed by atoms with Crippen LogP contribution in [0.3, 0.4) is 0 Å². The quantitative estimate of drug-likeness (QED) is 0.656. The van der Waals surface area contributed by atoms with Gasteiger partial charge in [0, 0.05) is 5.92 Å². The highest BCUT2D eigenvalue weighted by Gasteiger charge is 2.55. The van der Waals surface area contributed by atoms with E-state index in [-0.39, 0.29) is 10.7 Å². The Morgan fingerprint density at radius 2 is 1.58 bits per heavy atom. The molecule has 1 heterocycles. The molecule has 0 unspecified atom stereocenters. The van der Waals surface area contributed by atoms with E-state index in [0.717, 1.165) is 22.0 Å². The molecule has 0 saturated carbocycles. The van der Waals surface area contributed by atoms with Crippen molar-refractivity contribution in [2.75, 3.05) is 6.61 Å². The molecule has 0 bridgehead atoms. The fourth-order valence-electron chi connectivity index (χ4n) is 4.01. The SMILES string of the molecule is N#C[C@@H]1[C@H](c2ccc(-c3cccc(F)c3)cc2)[C@@H](CO)N1S(=O)(=O)c1cccc(F)c1. The van der Waals surface area contributed by atoms with Crippen LogP contribution in [-0.4, -0.2) is 36.5 Å². The summed E-state index contributed by atoms with van der Waals surface area (Å²) in [6, 6.07) is 17.8. The smallest absolute Gasteiger partial charge is 0.244 e. The average Bonchev–Trinajstić information content (AvgIpc) is 2.74. The summed E-state index contributed by atoms with van der Waals surface area (Å²) in [6.45, 7) is -0.497. The third-order valence-electron chi connectivity index (χ3n) is 5.50. The van der Waals surface area contributed by atoms with Gasteiger partial charge in [-0.05, 0) is 47.0 Å². The maximum atomic E-state index is 13.6. The number of nitrogens with zero attached hydrogens (tertiary/aromatic N) is 2. The summed E-state index contributed by atoms with van der Waals surface area (Å²) in [6.07, 6.45) is 0. The van der Waals surface area contributed by atoms with Gasteiger partial charge >= 0.3 is 0 Å². The van der Waals surface area contributed by atoms with E-state index in [1.54, 1.807) is 36.4 Å². The van der Waals surface area contributed by atoms with Gasteiger partial charge in [-0.2, -0.15) is 9.57 Å². The minimum Gasteiger partial charge on any atom is -0.395 e. The van der Waals surface area contributed by atoms with Gasteiger partial charge in [0.25, 0.3) is 0 Å². The zero-order chi connectivity index (χ0) is 22.2. The lowest BCUT2D eigenvalue weighted by Gasteiger charge is -2.50. The molecule has 3 aromatic rings. The Morgan fingerprint density at radius 3 is 2.16 bits per heavy atom. The van der Waals surface area contributed by atoms with Crippen LogP contribution in [0.25, 0.3) is 11.1 Å². The molecule has 0 amide bonds. The number of aliphatic hydroxyl groups excluding tert-OH is 1. The lowest BCUT2D eigenvalue weighted by atomic mass is 9.78. The standard InChI is InChI=1S/C23H18F2N2O3S/c24-18-4-1-3-17(11-18)15-7-9-16(10-8-15)23-21(13-26)27(22(23)14-28)31(29,30)20-6-2-5-19(25)12-20/h1-12,21-23,28H,14H2/t21-,22-,23+/m1/s1. The molecule has 1 N–H and O–H groups in total. The van der Waals surface area contributed by atoms with E-state index >= 15 is 0 Å². The van der Waals surface area contributed by atoms with Crippen molar-refractivity contribution in [3.05, 3.63) is 90.0 Å². The van der Waals surface area contributed by atoms with Crippen LogP contribution in [0.4, 0.5) is 8.78 Å². The highest BCUT2D eigenvalue weighted by atomic mass is 32.2. The average molecular weight is 440 g/mol. The summed E-state index contributed by atoms with van der Waals surface area (Å²) in [4.78, 5) is -0.272. The van der Waals surface area contributed by atoms with Gasteiger partial charge in [0.15, 0.2) is 0 Å². The predicted octanol–water partition coefficient (Wildman–Crippen LogP) is 3.67. The monoisotopic (exact) mass is 440 g/mol. The van der Waals surface area contributed by atoms with E-state index in [1.807, 2.05) is 6.07 Å². The lowest BCUT2D eigenvalue weighted by molar-refractivity contribution is 0.0556. The molecular weight excluding hydrogens is 422 g/mol. The van der Waals surface area contributed by atoms with Crippen LogP contribution in [0, 0.1) is 23.0 Å². The van der Waals surface area contributed by atoms with Crippen LogP contribution in [-0.2, 0) is 10.0 Å². The van der Waals surface area contributed by atoms with Crippen molar-refractivity contribution >= 4 is 10.0 Å². The number of sulfonamides is 1. The van der Waals surface area contributed by atoms with Crippen LogP contribution in [0.1, 0.15) is 11.5 Å². The maximum absolute atomic E-state index is 13.6. The minimum absolute atomic E-state index is 0.272. The molecule has 8 heteroatoms. The molecule has 3 aromatic carbocycles. The number of benzene rings is 3. The van der Waals surface area contributed by atoms with Crippen LogP contribution in [0.5, 0.6) is 0 Å². The van der Waals surface area contributed by atoms with Gasteiger partial charge in [-0.25, -0.2) is 17.2 Å². The summed E-state index contributed by atoms with van der Waals surface area (Å²) in [5.74, 6) is -1.62. The fourth-order valence-corrected chi connectivity index (χ4v) is 5.80. The molecule has 158 valence electrons. The summed E-state index contributed by atoms with van der Waals surface area (Å²) >= 11 is 0. The molecule has 31 heavy (non-hydrogen) atoms. The molecule has 0 radical (unpaired) electrons. The zero-order valence-corrected chi connectivity index (χ0v) is 17.0. The molecule has 0 aromatic heterocycles. The van der Waals surface area contributed by atoms with E-state index in [1.165, 1.54) is 24.3 Å². The Labute approximate surface area is 178 Å². The van der Waals surface area contributed by atoms with Crippen molar-refractivity contribution in [1.29, 1.82) is 5.26 Å². The molecule has 0 aliphatic carbocycles. The first kappa shape index (κ1) is 21.1. The Kier molecular flexibility index (Phi) is 5.58. The van der Waals surface area contributed by atoms with Gasteiger partial charge in [-0.1, -0.05) is 42.5 Å².